The molecule has 0 bridgehead atoms. The smallest absolute Gasteiger partial charge is 0.387 e. The number of fused-ring (bicyclic) bond motifs is 1. The Hall–Kier alpha value is -2.96. The van der Waals surface area contributed by atoms with Crippen molar-refractivity contribution in [3.8, 4) is 5.75 Å². The first-order valence-corrected chi connectivity index (χ1v) is 9.33. The summed E-state index contributed by atoms with van der Waals surface area (Å²) in [5.74, 6) is -0.182. The van der Waals surface area contributed by atoms with Gasteiger partial charge in [0.15, 0.2) is 0 Å². The zero-order valence-electron chi connectivity index (χ0n) is 15.6. The molecule has 7 heteroatoms. The molecule has 146 valence electrons. The molecule has 0 aromatic heterocycles. The van der Waals surface area contributed by atoms with Crippen LogP contribution in [0.1, 0.15) is 35.7 Å². The van der Waals surface area contributed by atoms with E-state index in [0.29, 0.717) is 17.8 Å². The van der Waals surface area contributed by atoms with Gasteiger partial charge in [-0.05, 0) is 55.7 Å². The average molecular weight is 385 g/mol. The molecule has 0 aliphatic carbocycles. The molecule has 2 heterocycles. The van der Waals surface area contributed by atoms with E-state index in [0.717, 1.165) is 42.8 Å². The largest absolute Gasteiger partial charge is 0.433 e. The molecule has 2 aliphatic rings. The number of hydrogen-bond donors (Lipinski definition) is 0. The highest BCUT2D eigenvalue weighted by Gasteiger charge is 2.28. The van der Waals surface area contributed by atoms with Gasteiger partial charge >= 0.3 is 6.61 Å². The zero-order chi connectivity index (χ0) is 19.7. The van der Waals surface area contributed by atoms with Gasteiger partial charge < -0.3 is 9.64 Å². The number of para-hydroxylation sites is 1. The molecule has 2 aliphatic heterocycles. The topological polar surface area (TPSA) is 45.1 Å². The number of hydrazone groups is 1. The molecule has 4 rings (SSSR count). The standard InChI is InChI=1S/C21H21F2N3O2/c1-14-11-13-26(24-14)17-9-7-16(8-10-17)20(27)25-12-3-5-15-4-2-6-18(19(15)25)28-21(22)23/h2,4,6-10,21H,3,5,11-13H2,1H3. The molecule has 0 N–H and O–H groups in total. The number of alkyl halides is 2. The number of aryl methyl sites for hydroxylation is 1. The van der Waals surface area contributed by atoms with Crippen LogP contribution in [0.4, 0.5) is 20.2 Å². The fourth-order valence-electron chi connectivity index (χ4n) is 3.70. The van der Waals surface area contributed by atoms with Gasteiger partial charge in [0.2, 0.25) is 0 Å². The predicted octanol–water partition coefficient (Wildman–Crippen LogP) is 4.47. The van der Waals surface area contributed by atoms with Gasteiger partial charge in [-0.3, -0.25) is 9.80 Å². The summed E-state index contributed by atoms with van der Waals surface area (Å²) in [5.41, 5.74) is 3.80. The van der Waals surface area contributed by atoms with Crippen LogP contribution in [0.3, 0.4) is 0 Å². The van der Waals surface area contributed by atoms with E-state index in [9.17, 15) is 13.6 Å². The molecule has 28 heavy (non-hydrogen) atoms. The number of nitrogens with zero attached hydrogens (tertiary/aromatic N) is 3. The van der Waals surface area contributed by atoms with Gasteiger partial charge in [-0.25, -0.2) is 0 Å². The van der Waals surface area contributed by atoms with Crippen molar-refractivity contribution in [1.29, 1.82) is 0 Å². The summed E-state index contributed by atoms with van der Waals surface area (Å²) in [6.07, 6.45) is 2.43. The van der Waals surface area contributed by atoms with Crippen molar-refractivity contribution in [2.75, 3.05) is 23.0 Å². The van der Waals surface area contributed by atoms with Crippen LogP contribution in [0.5, 0.6) is 5.75 Å². The van der Waals surface area contributed by atoms with Crippen molar-refractivity contribution in [3.05, 3.63) is 53.6 Å². The lowest BCUT2D eigenvalue weighted by Gasteiger charge is -2.31. The normalized spacial score (nSPS) is 16.2. The fourth-order valence-corrected chi connectivity index (χ4v) is 3.70. The van der Waals surface area contributed by atoms with E-state index in [4.69, 9.17) is 0 Å². The van der Waals surface area contributed by atoms with E-state index >= 15 is 0 Å². The maximum Gasteiger partial charge on any atom is 0.387 e. The summed E-state index contributed by atoms with van der Waals surface area (Å²) in [6, 6.07) is 12.2. The number of rotatable bonds is 4. The van der Waals surface area contributed by atoms with Crippen molar-refractivity contribution in [3.63, 3.8) is 0 Å². The molecule has 0 spiro atoms. The first-order chi connectivity index (χ1) is 13.5. The molecule has 2 aromatic carbocycles. The summed E-state index contributed by atoms with van der Waals surface area (Å²) in [6.45, 7) is 0.346. The van der Waals surface area contributed by atoms with Gasteiger partial charge in [0.1, 0.15) is 5.75 Å². The monoisotopic (exact) mass is 385 g/mol. The van der Waals surface area contributed by atoms with E-state index in [1.807, 2.05) is 30.1 Å². The van der Waals surface area contributed by atoms with Crippen LogP contribution in [0.15, 0.2) is 47.6 Å². The molecule has 0 unspecified atom stereocenters. The molecule has 0 atom stereocenters. The van der Waals surface area contributed by atoms with Crippen LogP contribution in [-0.4, -0.2) is 31.3 Å². The lowest BCUT2D eigenvalue weighted by molar-refractivity contribution is -0.0495. The molecule has 5 nitrogen and oxygen atoms in total. The average Bonchev–Trinajstić information content (AvgIpc) is 3.13. The van der Waals surface area contributed by atoms with Crippen molar-refractivity contribution >= 4 is 23.0 Å². The quantitative estimate of drug-likeness (QED) is 0.780. The molecule has 2 aromatic rings. The van der Waals surface area contributed by atoms with Gasteiger partial charge in [-0.1, -0.05) is 12.1 Å². The Morgan fingerprint density at radius 2 is 1.89 bits per heavy atom. The summed E-state index contributed by atoms with van der Waals surface area (Å²) in [4.78, 5) is 14.7. The Morgan fingerprint density at radius 3 is 2.57 bits per heavy atom. The minimum absolute atomic E-state index is 0.0408. The van der Waals surface area contributed by atoms with E-state index in [1.165, 1.54) is 6.07 Å². The second kappa shape index (κ2) is 7.58. The highest BCUT2D eigenvalue weighted by Crippen LogP contribution is 2.38. The Labute approximate surface area is 162 Å². The number of carbonyl (C=O) groups is 1. The van der Waals surface area contributed by atoms with Crippen LogP contribution >= 0.6 is 0 Å². The van der Waals surface area contributed by atoms with E-state index in [-0.39, 0.29) is 11.7 Å². The van der Waals surface area contributed by atoms with Crippen molar-refractivity contribution < 1.29 is 18.3 Å². The third-order valence-corrected chi connectivity index (χ3v) is 5.03. The maximum absolute atomic E-state index is 13.1. The first-order valence-electron chi connectivity index (χ1n) is 9.33. The molecule has 0 saturated carbocycles. The van der Waals surface area contributed by atoms with E-state index in [2.05, 4.69) is 9.84 Å². The summed E-state index contributed by atoms with van der Waals surface area (Å²) < 4.78 is 30.3. The second-order valence-electron chi connectivity index (χ2n) is 6.96. The SMILES string of the molecule is CC1=NN(c2ccc(C(=O)N3CCCc4cccc(OC(F)F)c43)cc2)CC1. The number of amides is 1. The number of carbonyl (C=O) groups excluding carboxylic acids is 1. The molecule has 1 amide bonds. The van der Waals surface area contributed by atoms with Crippen LogP contribution in [0.25, 0.3) is 0 Å². The van der Waals surface area contributed by atoms with Gasteiger partial charge in [0.05, 0.1) is 11.4 Å². The highest BCUT2D eigenvalue weighted by atomic mass is 19.3. The van der Waals surface area contributed by atoms with Crippen molar-refractivity contribution in [2.45, 2.75) is 32.8 Å². The minimum Gasteiger partial charge on any atom is -0.433 e. The first kappa shape index (κ1) is 18.4. The lowest BCUT2D eigenvalue weighted by atomic mass is 10.00. The number of hydrogen-bond acceptors (Lipinski definition) is 4. The summed E-state index contributed by atoms with van der Waals surface area (Å²) in [7, 11) is 0. The van der Waals surface area contributed by atoms with Crippen molar-refractivity contribution in [1.82, 2.24) is 0 Å². The molecule has 0 fully saturated rings. The number of anilines is 2. The van der Waals surface area contributed by atoms with Gasteiger partial charge in [-0.2, -0.15) is 13.9 Å². The third-order valence-electron chi connectivity index (χ3n) is 5.03. The molecular weight excluding hydrogens is 364 g/mol. The summed E-state index contributed by atoms with van der Waals surface area (Å²) >= 11 is 0. The van der Waals surface area contributed by atoms with Crippen LogP contribution in [0, 0.1) is 0 Å². The van der Waals surface area contributed by atoms with Crippen LogP contribution < -0.4 is 14.6 Å². The summed E-state index contributed by atoms with van der Waals surface area (Å²) in [5, 5.41) is 6.37. The Morgan fingerprint density at radius 1 is 1.11 bits per heavy atom. The molecule has 0 saturated heterocycles. The van der Waals surface area contributed by atoms with E-state index < -0.39 is 6.61 Å². The maximum atomic E-state index is 13.1. The minimum atomic E-state index is -2.94. The lowest BCUT2D eigenvalue weighted by Crippen LogP contribution is -2.36. The van der Waals surface area contributed by atoms with Crippen LogP contribution in [-0.2, 0) is 6.42 Å². The number of ether oxygens (including phenoxy) is 1. The van der Waals surface area contributed by atoms with E-state index in [1.54, 1.807) is 23.1 Å². The fraction of sp³-hybridized carbons (Fsp3) is 0.333. The zero-order valence-corrected chi connectivity index (χ0v) is 15.6. The van der Waals surface area contributed by atoms with Gasteiger partial charge in [0.25, 0.3) is 5.91 Å². The Balaban J connectivity index is 1.61. The van der Waals surface area contributed by atoms with Crippen molar-refractivity contribution in [2.24, 2.45) is 5.10 Å². The second-order valence-corrected chi connectivity index (χ2v) is 6.96. The Bertz CT molecular complexity index is 912. The van der Waals surface area contributed by atoms with Gasteiger partial charge in [-0.15, -0.1) is 0 Å². The number of benzene rings is 2. The highest BCUT2D eigenvalue weighted by molar-refractivity contribution is 6.07. The van der Waals surface area contributed by atoms with Crippen LogP contribution in [0.2, 0.25) is 0 Å². The molecular formula is C21H21F2N3O2. The third kappa shape index (κ3) is 3.56. The predicted molar refractivity (Wildman–Crippen MR) is 105 cm³/mol. The Kier molecular flexibility index (Phi) is 4.98. The molecule has 0 radical (unpaired) electrons. The van der Waals surface area contributed by atoms with Gasteiger partial charge in [0, 0.05) is 30.8 Å². The number of halogens is 2.